The van der Waals surface area contributed by atoms with Crippen LogP contribution in [0.1, 0.15) is 152 Å². The minimum atomic E-state index is 0.0901. The van der Waals surface area contributed by atoms with E-state index in [2.05, 4.69) is 113 Å². The number of ether oxygens (including phenoxy) is 1. The summed E-state index contributed by atoms with van der Waals surface area (Å²) in [5.41, 5.74) is 9.76. The Kier molecular flexibility index (Phi) is 13.9. The molecule has 3 nitrogen and oxygen atoms in total. The van der Waals surface area contributed by atoms with Crippen molar-refractivity contribution in [2.45, 2.75) is 143 Å². The number of aryl methyl sites for hydroxylation is 2. The molecule has 0 amide bonds. The normalized spacial score (nSPS) is 22.0. The second-order valence-corrected chi connectivity index (χ2v) is 16.0. The highest BCUT2D eigenvalue weighted by Crippen LogP contribution is 2.47. The summed E-state index contributed by atoms with van der Waals surface area (Å²) in [6, 6.07) is 27.4. The topological polar surface area (TPSA) is 35.0 Å². The average molecular weight is 685 g/mol. The van der Waals surface area contributed by atoms with Crippen LogP contribution < -0.4 is 0 Å². The van der Waals surface area contributed by atoms with Crippen molar-refractivity contribution in [3.8, 4) is 22.5 Å². The second-order valence-electron chi connectivity index (χ2n) is 16.0. The van der Waals surface area contributed by atoms with Crippen LogP contribution in [-0.4, -0.2) is 9.97 Å². The Hall–Kier alpha value is -3.30. The van der Waals surface area contributed by atoms with Crippen LogP contribution in [0.15, 0.2) is 85.2 Å². The lowest BCUT2D eigenvalue weighted by Gasteiger charge is -2.40. The van der Waals surface area contributed by atoms with Gasteiger partial charge in [-0.05, 0) is 96.6 Å². The van der Waals surface area contributed by atoms with Gasteiger partial charge in [-0.2, -0.15) is 0 Å². The monoisotopic (exact) mass is 685 g/mol. The predicted octanol–water partition coefficient (Wildman–Crippen LogP) is 13.7. The van der Waals surface area contributed by atoms with Crippen LogP contribution >= 0.6 is 0 Å². The Balaban J connectivity index is 1.29. The molecule has 2 heterocycles. The first-order valence-electron chi connectivity index (χ1n) is 20.8. The number of rotatable bonds is 16. The average Bonchev–Trinajstić information content (AvgIpc) is 3.18. The highest BCUT2D eigenvalue weighted by molar-refractivity contribution is 5.60. The molecule has 0 saturated heterocycles. The van der Waals surface area contributed by atoms with Gasteiger partial charge in [-0.3, -0.25) is 9.97 Å². The van der Waals surface area contributed by atoms with Crippen molar-refractivity contribution in [3.05, 3.63) is 107 Å². The molecule has 3 heteroatoms. The Bertz CT molecular complexity index is 1440. The van der Waals surface area contributed by atoms with Crippen LogP contribution in [0.4, 0.5) is 0 Å². The summed E-state index contributed by atoms with van der Waals surface area (Å²) in [6.45, 7) is 9.13. The van der Waals surface area contributed by atoms with Crippen molar-refractivity contribution >= 4 is 0 Å². The van der Waals surface area contributed by atoms with Crippen molar-refractivity contribution in [1.29, 1.82) is 0 Å². The van der Waals surface area contributed by atoms with E-state index in [0.717, 1.165) is 48.9 Å². The third-order valence-electron chi connectivity index (χ3n) is 12.1. The maximum absolute atomic E-state index is 7.64. The Labute approximate surface area is 310 Å². The summed E-state index contributed by atoms with van der Waals surface area (Å²) < 4.78 is 7.64. The van der Waals surface area contributed by atoms with Gasteiger partial charge in [0.1, 0.15) is 0 Å². The molecule has 2 atom stereocenters. The van der Waals surface area contributed by atoms with Gasteiger partial charge in [-0.1, -0.05) is 153 Å². The van der Waals surface area contributed by atoms with E-state index in [1.165, 1.54) is 110 Å². The third-order valence-corrected chi connectivity index (χ3v) is 12.1. The van der Waals surface area contributed by atoms with Crippen molar-refractivity contribution < 1.29 is 4.74 Å². The smallest absolute Gasteiger partial charge is 0.0861 e. The predicted molar refractivity (Wildman–Crippen MR) is 215 cm³/mol. The van der Waals surface area contributed by atoms with E-state index in [1.807, 2.05) is 0 Å². The lowest BCUT2D eigenvalue weighted by atomic mass is 9.75. The maximum Gasteiger partial charge on any atom is 0.0861 e. The fourth-order valence-corrected chi connectivity index (χ4v) is 9.21. The van der Waals surface area contributed by atoms with Gasteiger partial charge in [0.2, 0.25) is 0 Å². The van der Waals surface area contributed by atoms with Gasteiger partial charge in [0, 0.05) is 23.5 Å². The van der Waals surface area contributed by atoms with Crippen LogP contribution in [0.25, 0.3) is 22.5 Å². The summed E-state index contributed by atoms with van der Waals surface area (Å²) in [7, 11) is 0. The molecule has 2 aromatic heterocycles. The van der Waals surface area contributed by atoms with E-state index in [-0.39, 0.29) is 12.2 Å². The molecular formula is C48H64N2O. The molecule has 2 aliphatic rings. The van der Waals surface area contributed by atoms with Gasteiger partial charge < -0.3 is 4.74 Å². The van der Waals surface area contributed by atoms with Gasteiger partial charge in [0.15, 0.2) is 0 Å². The minimum absolute atomic E-state index is 0.0901. The molecule has 2 aliphatic carbocycles. The number of benzene rings is 2. The molecule has 0 spiro atoms. The summed E-state index contributed by atoms with van der Waals surface area (Å²) in [5.74, 6) is 2.83. The third kappa shape index (κ3) is 9.98. The first-order valence-corrected chi connectivity index (χ1v) is 20.8. The van der Waals surface area contributed by atoms with E-state index < -0.39 is 0 Å². The summed E-state index contributed by atoms with van der Waals surface area (Å²) in [5, 5.41) is 0. The van der Waals surface area contributed by atoms with E-state index in [9.17, 15) is 0 Å². The van der Waals surface area contributed by atoms with E-state index in [1.54, 1.807) is 0 Å². The lowest BCUT2D eigenvalue weighted by molar-refractivity contribution is -0.0907. The van der Waals surface area contributed by atoms with Gasteiger partial charge >= 0.3 is 0 Å². The highest BCUT2D eigenvalue weighted by Gasteiger charge is 2.35. The van der Waals surface area contributed by atoms with Crippen molar-refractivity contribution in [1.82, 2.24) is 9.97 Å². The van der Waals surface area contributed by atoms with Crippen molar-refractivity contribution in [2.24, 2.45) is 23.7 Å². The van der Waals surface area contributed by atoms with E-state index in [0.29, 0.717) is 11.8 Å². The zero-order valence-electron chi connectivity index (χ0n) is 32.2. The summed E-state index contributed by atoms with van der Waals surface area (Å²) in [6.07, 6.45) is 24.4. The molecule has 2 unspecified atom stereocenters. The van der Waals surface area contributed by atoms with Gasteiger partial charge in [0.05, 0.1) is 23.6 Å². The van der Waals surface area contributed by atoms with Crippen molar-refractivity contribution in [2.75, 3.05) is 0 Å². The molecule has 2 saturated carbocycles. The summed E-state index contributed by atoms with van der Waals surface area (Å²) in [4.78, 5) is 9.66. The fourth-order valence-electron chi connectivity index (χ4n) is 9.21. The quantitative estimate of drug-likeness (QED) is 0.118. The Morgan fingerprint density at radius 1 is 0.490 bits per heavy atom. The maximum atomic E-state index is 7.64. The molecule has 51 heavy (non-hydrogen) atoms. The molecule has 0 radical (unpaired) electrons. The van der Waals surface area contributed by atoms with E-state index >= 15 is 0 Å². The second kappa shape index (κ2) is 19.0. The molecule has 0 N–H and O–H groups in total. The number of aromatic nitrogens is 2. The number of nitrogens with zero attached hydrogens (tertiary/aromatic N) is 2. The molecule has 0 bridgehead atoms. The molecule has 2 aromatic carbocycles. The van der Waals surface area contributed by atoms with Crippen LogP contribution in [0, 0.1) is 23.7 Å². The van der Waals surface area contributed by atoms with E-state index in [4.69, 9.17) is 14.7 Å². The molecule has 272 valence electrons. The minimum Gasteiger partial charge on any atom is -0.365 e. The number of hydrogen-bond donors (Lipinski definition) is 0. The molecule has 4 aromatic rings. The summed E-state index contributed by atoms with van der Waals surface area (Å²) >= 11 is 0. The number of pyridine rings is 2. The van der Waals surface area contributed by atoms with Gasteiger partial charge in [0.25, 0.3) is 0 Å². The first kappa shape index (κ1) is 37.5. The zero-order valence-corrected chi connectivity index (χ0v) is 32.2. The van der Waals surface area contributed by atoms with Crippen LogP contribution in [0.3, 0.4) is 0 Å². The fraction of sp³-hybridized carbons (Fsp3) is 0.542. The standard InChI is InChI=1S/C48H64N2O/c1-5-9-35-13-19-41(20-14-35)47(43-27-23-39(24-28-43)45-31-17-37(11-7-3)33-49-45)51-48(42-21-15-36(10-6-2)16-22-42)44-29-25-40(26-30-44)46-32-18-38(12-8-4)34-50-46/h17-18,23-36,41-42,47-48H,5-16,19-22H2,1-4H3. The van der Waals surface area contributed by atoms with Gasteiger partial charge in [-0.25, -0.2) is 0 Å². The lowest BCUT2D eigenvalue weighted by Crippen LogP contribution is -2.28. The largest absolute Gasteiger partial charge is 0.365 e. The Morgan fingerprint density at radius 2 is 0.882 bits per heavy atom. The van der Waals surface area contributed by atoms with Crippen molar-refractivity contribution in [3.63, 3.8) is 0 Å². The SMILES string of the molecule is CCCc1ccc(-c2ccc(C(OC(c3ccc(-c4ccc(CCC)cn4)cc3)C3CCC(CCC)CC3)C3CCC(CCC)CC3)cc2)nc1. The van der Waals surface area contributed by atoms with Crippen LogP contribution in [0.2, 0.25) is 0 Å². The van der Waals surface area contributed by atoms with Crippen LogP contribution in [-0.2, 0) is 17.6 Å². The highest BCUT2D eigenvalue weighted by atomic mass is 16.5. The molecular weight excluding hydrogens is 621 g/mol. The van der Waals surface area contributed by atoms with Gasteiger partial charge in [-0.15, -0.1) is 0 Å². The number of hydrogen-bond acceptors (Lipinski definition) is 3. The molecule has 2 fully saturated rings. The molecule has 6 rings (SSSR count). The Morgan fingerprint density at radius 3 is 1.20 bits per heavy atom. The zero-order chi connectivity index (χ0) is 35.4. The van der Waals surface area contributed by atoms with Crippen LogP contribution in [0.5, 0.6) is 0 Å². The molecule has 0 aliphatic heterocycles. The first-order chi connectivity index (χ1) is 25.1.